The molecule has 9 heteroatoms. The first-order valence-corrected chi connectivity index (χ1v) is 8.10. The third-order valence-electron chi connectivity index (χ3n) is 2.17. The molecule has 0 saturated heterocycles. The predicted octanol–water partition coefficient (Wildman–Crippen LogP) is -0.440. The van der Waals surface area contributed by atoms with Crippen LogP contribution < -0.4 is 5.14 Å². The van der Waals surface area contributed by atoms with Gasteiger partial charge in [0, 0.05) is 7.05 Å². The molecule has 0 amide bonds. The van der Waals surface area contributed by atoms with Gasteiger partial charge in [-0.05, 0) is 13.3 Å². The van der Waals surface area contributed by atoms with E-state index >= 15 is 0 Å². The SMILES string of the molecule is CCCS(=O)(=O)c1c(S(N)(=O)=O)c(C)nn1C. The topological polar surface area (TPSA) is 112 Å². The summed E-state index contributed by atoms with van der Waals surface area (Å²) in [5.41, 5.74) is 0.0877. The molecule has 0 saturated carbocycles. The zero-order valence-electron chi connectivity index (χ0n) is 9.84. The Labute approximate surface area is 101 Å². The molecule has 0 aromatic carbocycles. The molecule has 17 heavy (non-hydrogen) atoms. The van der Waals surface area contributed by atoms with Gasteiger partial charge in [0.05, 0.1) is 11.4 Å². The lowest BCUT2D eigenvalue weighted by Gasteiger charge is -2.05. The van der Waals surface area contributed by atoms with Crippen molar-refractivity contribution >= 4 is 19.9 Å². The van der Waals surface area contributed by atoms with E-state index in [4.69, 9.17) is 5.14 Å². The van der Waals surface area contributed by atoms with E-state index in [0.29, 0.717) is 6.42 Å². The van der Waals surface area contributed by atoms with Gasteiger partial charge in [-0.3, -0.25) is 4.68 Å². The first-order chi connectivity index (χ1) is 7.61. The summed E-state index contributed by atoms with van der Waals surface area (Å²) in [5, 5.41) is 8.49. The average Bonchev–Trinajstić information content (AvgIpc) is 2.40. The predicted molar refractivity (Wildman–Crippen MR) is 61.7 cm³/mol. The fourth-order valence-corrected chi connectivity index (χ4v) is 4.81. The van der Waals surface area contributed by atoms with Crippen LogP contribution in [0.4, 0.5) is 0 Å². The summed E-state index contributed by atoms with van der Waals surface area (Å²) >= 11 is 0. The number of nitrogens with zero attached hydrogens (tertiary/aromatic N) is 2. The molecule has 1 heterocycles. The minimum Gasteiger partial charge on any atom is -0.256 e. The zero-order chi connectivity index (χ0) is 13.4. The standard InChI is InChI=1S/C8H15N3O4S2/c1-4-5-16(12,13)8-7(17(9,14)15)6(2)10-11(8)3/h4-5H2,1-3H3,(H2,9,14,15). The lowest BCUT2D eigenvalue weighted by Crippen LogP contribution is -2.19. The number of sulfone groups is 1. The van der Waals surface area contributed by atoms with Crippen molar-refractivity contribution in [2.45, 2.75) is 30.2 Å². The first kappa shape index (κ1) is 14.1. The van der Waals surface area contributed by atoms with E-state index in [1.807, 2.05) is 0 Å². The van der Waals surface area contributed by atoms with Crippen LogP contribution in [-0.4, -0.2) is 32.4 Å². The summed E-state index contributed by atoms with van der Waals surface area (Å²) in [6.07, 6.45) is 0.386. The lowest BCUT2D eigenvalue weighted by atomic mass is 10.5. The van der Waals surface area contributed by atoms with E-state index in [1.165, 1.54) is 14.0 Å². The molecule has 1 rings (SSSR count). The highest BCUT2D eigenvalue weighted by molar-refractivity contribution is 7.93. The van der Waals surface area contributed by atoms with Crippen molar-refractivity contribution in [1.29, 1.82) is 0 Å². The highest BCUT2D eigenvalue weighted by Crippen LogP contribution is 2.24. The Morgan fingerprint density at radius 2 is 1.82 bits per heavy atom. The monoisotopic (exact) mass is 281 g/mol. The van der Waals surface area contributed by atoms with Crippen LogP contribution in [0.5, 0.6) is 0 Å². The van der Waals surface area contributed by atoms with Crippen LogP contribution in [0.15, 0.2) is 9.92 Å². The maximum Gasteiger partial charge on any atom is 0.242 e. The van der Waals surface area contributed by atoms with E-state index in [1.54, 1.807) is 6.92 Å². The second kappa shape index (κ2) is 4.39. The van der Waals surface area contributed by atoms with Gasteiger partial charge < -0.3 is 0 Å². The van der Waals surface area contributed by atoms with Crippen LogP contribution in [-0.2, 0) is 26.9 Å². The van der Waals surface area contributed by atoms with Crippen LogP contribution in [0.3, 0.4) is 0 Å². The van der Waals surface area contributed by atoms with Gasteiger partial charge in [-0.25, -0.2) is 22.0 Å². The maximum atomic E-state index is 12.0. The quantitative estimate of drug-likeness (QED) is 0.804. The molecule has 2 N–H and O–H groups in total. The van der Waals surface area contributed by atoms with Crippen molar-refractivity contribution in [3.63, 3.8) is 0 Å². The average molecular weight is 281 g/mol. The second-order valence-electron chi connectivity index (χ2n) is 3.71. The Hall–Kier alpha value is -0.930. The summed E-state index contributed by atoms with van der Waals surface area (Å²) in [4.78, 5) is -0.409. The van der Waals surface area contributed by atoms with Crippen LogP contribution in [0.1, 0.15) is 19.0 Å². The largest absolute Gasteiger partial charge is 0.256 e. The molecule has 0 aliphatic heterocycles. The van der Waals surface area contributed by atoms with Gasteiger partial charge in [0.1, 0.15) is 4.90 Å². The Bertz CT molecular complexity index is 628. The van der Waals surface area contributed by atoms with E-state index in [0.717, 1.165) is 4.68 Å². The molecule has 1 aromatic heterocycles. The molecule has 0 unspecified atom stereocenters. The Balaban J connectivity index is 3.66. The van der Waals surface area contributed by atoms with Gasteiger partial charge in [-0.1, -0.05) is 6.92 Å². The van der Waals surface area contributed by atoms with Crippen molar-refractivity contribution in [3.05, 3.63) is 5.69 Å². The highest BCUT2D eigenvalue weighted by Gasteiger charge is 2.31. The van der Waals surface area contributed by atoms with Gasteiger partial charge in [0.2, 0.25) is 10.0 Å². The molecule has 0 aliphatic rings. The molecule has 0 aliphatic carbocycles. The number of hydrogen-bond acceptors (Lipinski definition) is 5. The molecule has 0 atom stereocenters. The molecular formula is C8H15N3O4S2. The minimum absolute atomic E-state index is 0.0877. The van der Waals surface area contributed by atoms with E-state index in [9.17, 15) is 16.8 Å². The Morgan fingerprint density at radius 3 is 2.24 bits per heavy atom. The number of aryl methyl sites for hydroxylation is 2. The molecular weight excluding hydrogens is 266 g/mol. The number of aromatic nitrogens is 2. The zero-order valence-corrected chi connectivity index (χ0v) is 11.5. The first-order valence-electron chi connectivity index (χ1n) is 4.90. The molecule has 0 radical (unpaired) electrons. The fourth-order valence-electron chi connectivity index (χ4n) is 1.65. The van der Waals surface area contributed by atoms with E-state index in [-0.39, 0.29) is 16.5 Å². The molecule has 7 nitrogen and oxygen atoms in total. The molecule has 0 spiro atoms. The van der Waals surface area contributed by atoms with Crippen molar-refractivity contribution in [2.24, 2.45) is 12.2 Å². The van der Waals surface area contributed by atoms with Gasteiger partial charge in [0.25, 0.3) is 0 Å². The van der Waals surface area contributed by atoms with Gasteiger partial charge in [-0.15, -0.1) is 0 Å². The van der Waals surface area contributed by atoms with E-state index in [2.05, 4.69) is 5.10 Å². The van der Waals surface area contributed by atoms with Crippen molar-refractivity contribution in [1.82, 2.24) is 9.78 Å². The number of rotatable bonds is 4. The minimum atomic E-state index is -4.11. The van der Waals surface area contributed by atoms with Crippen molar-refractivity contribution in [3.8, 4) is 0 Å². The van der Waals surface area contributed by atoms with Gasteiger partial charge >= 0.3 is 0 Å². The summed E-state index contributed by atoms with van der Waals surface area (Å²) in [6.45, 7) is 3.10. The van der Waals surface area contributed by atoms with Gasteiger partial charge in [0.15, 0.2) is 14.9 Å². The summed E-state index contributed by atoms with van der Waals surface area (Å²) in [6, 6.07) is 0. The summed E-state index contributed by atoms with van der Waals surface area (Å²) in [5.74, 6) is -0.144. The number of sulfonamides is 1. The van der Waals surface area contributed by atoms with Gasteiger partial charge in [-0.2, -0.15) is 5.10 Å². The second-order valence-corrected chi connectivity index (χ2v) is 7.23. The molecule has 0 fully saturated rings. The fraction of sp³-hybridized carbons (Fsp3) is 0.625. The number of primary sulfonamides is 1. The Kier molecular flexibility index (Phi) is 3.65. The van der Waals surface area contributed by atoms with Crippen LogP contribution in [0.25, 0.3) is 0 Å². The third kappa shape index (κ3) is 2.67. The summed E-state index contributed by atoms with van der Waals surface area (Å²) in [7, 11) is -6.42. The molecule has 1 aromatic rings. The van der Waals surface area contributed by atoms with Crippen LogP contribution >= 0.6 is 0 Å². The van der Waals surface area contributed by atoms with Crippen LogP contribution in [0, 0.1) is 6.92 Å². The van der Waals surface area contributed by atoms with E-state index < -0.39 is 24.8 Å². The maximum absolute atomic E-state index is 12.0. The van der Waals surface area contributed by atoms with Crippen LogP contribution in [0.2, 0.25) is 0 Å². The smallest absolute Gasteiger partial charge is 0.242 e. The summed E-state index contributed by atoms with van der Waals surface area (Å²) < 4.78 is 47.7. The molecule has 0 bridgehead atoms. The van der Waals surface area contributed by atoms with Crippen molar-refractivity contribution in [2.75, 3.05) is 5.75 Å². The molecule has 98 valence electrons. The Morgan fingerprint density at radius 1 is 1.29 bits per heavy atom. The lowest BCUT2D eigenvalue weighted by molar-refractivity contribution is 0.564. The third-order valence-corrected chi connectivity index (χ3v) is 5.36. The number of nitrogens with two attached hydrogens (primary N) is 1. The normalized spacial score (nSPS) is 12.9. The number of hydrogen-bond donors (Lipinski definition) is 1. The van der Waals surface area contributed by atoms with Crippen molar-refractivity contribution < 1.29 is 16.8 Å². The highest BCUT2D eigenvalue weighted by atomic mass is 32.2.